The van der Waals surface area contributed by atoms with Crippen molar-refractivity contribution in [2.75, 3.05) is 20.2 Å². The zero-order valence-electron chi connectivity index (χ0n) is 16.6. The lowest BCUT2D eigenvalue weighted by atomic mass is 10.1. The van der Waals surface area contributed by atoms with Crippen LogP contribution in [0.15, 0.2) is 48.5 Å². The van der Waals surface area contributed by atoms with Gasteiger partial charge < -0.3 is 19.9 Å². The summed E-state index contributed by atoms with van der Waals surface area (Å²) >= 11 is 0. The van der Waals surface area contributed by atoms with Crippen molar-refractivity contribution < 1.29 is 14.3 Å². The number of urea groups is 1. The van der Waals surface area contributed by atoms with Gasteiger partial charge in [0.1, 0.15) is 11.8 Å². The number of carbonyl (C=O) groups excluding carboxylic acids is 2. The average molecular weight is 381 g/mol. The zero-order valence-corrected chi connectivity index (χ0v) is 16.6. The van der Waals surface area contributed by atoms with Crippen molar-refractivity contribution in [2.45, 2.75) is 33.0 Å². The molecule has 148 valence electrons. The fourth-order valence-corrected chi connectivity index (χ4v) is 3.40. The summed E-state index contributed by atoms with van der Waals surface area (Å²) in [4.78, 5) is 28.8. The van der Waals surface area contributed by atoms with E-state index in [1.165, 1.54) is 5.56 Å². The lowest BCUT2D eigenvalue weighted by Gasteiger charge is -2.39. The molecule has 0 aromatic heterocycles. The van der Waals surface area contributed by atoms with Gasteiger partial charge in [0.2, 0.25) is 5.91 Å². The maximum Gasteiger partial charge on any atom is 0.318 e. The van der Waals surface area contributed by atoms with Crippen molar-refractivity contribution in [3.8, 4) is 5.75 Å². The molecule has 6 nitrogen and oxygen atoms in total. The van der Waals surface area contributed by atoms with Gasteiger partial charge in [-0.3, -0.25) is 4.79 Å². The SMILES string of the molecule is COc1ccccc1CNC(=O)N1CCN(Cc2ccc(C)cc2)C(=O)[C@H]1C. The van der Waals surface area contributed by atoms with E-state index in [2.05, 4.69) is 5.32 Å². The summed E-state index contributed by atoms with van der Waals surface area (Å²) in [6.45, 7) is 5.79. The third-order valence-corrected chi connectivity index (χ3v) is 5.12. The number of hydrogen-bond acceptors (Lipinski definition) is 3. The third kappa shape index (κ3) is 4.44. The maximum absolute atomic E-state index is 12.8. The molecular formula is C22H27N3O3. The van der Waals surface area contributed by atoms with Crippen molar-refractivity contribution >= 4 is 11.9 Å². The number of piperazine rings is 1. The first-order valence-electron chi connectivity index (χ1n) is 9.50. The number of ether oxygens (including phenoxy) is 1. The Morgan fingerprint density at radius 2 is 1.86 bits per heavy atom. The van der Waals surface area contributed by atoms with Crippen molar-refractivity contribution in [1.29, 1.82) is 0 Å². The van der Waals surface area contributed by atoms with Crippen molar-refractivity contribution in [3.63, 3.8) is 0 Å². The van der Waals surface area contributed by atoms with Crippen LogP contribution >= 0.6 is 0 Å². The highest BCUT2D eigenvalue weighted by atomic mass is 16.5. The van der Waals surface area contributed by atoms with Gasteiger partial charge in [0.15, 0.2) is 0 Å². The Morgan fingerprint density at radius 1 is 1.14 bits per heavy atom. The van der Waals surface area contributed by atoms with Gasteiger partial charge in [0.05, 0.1) is 7.11 Å². The van der Waals surface area contributed by atoms with Crippen LogP contribution in [0.2, 0.25) is 0 Å². The van der Waals surface area contributed by atoms with Gasteiger partial charge in [0.25, 0.3) is 0 Å². The Hall–Kier alpha value is -3.02. The fraction of sp³-hybridized carbons (Fsp3) is 0.364. The number of carbonyl (C=O) groups is 2. The zero-order chi connectivity index (χ0) is 20.1. The summed E-state index contributed by atoms with van der Waals surface area (Å²) in [5.41, 5.74) is 3.19. The Kier molecular flexibility index (Phi) is 6.19. The van der Waals surface area contributed by atoms with Gasteiger partial charge in [0, 0.05) is 31.7 Å². The Morgan fingerprint density at radius 3 is 2.57 bits per heavy atom. The molecule has 3 rings (SSSR count). The number of nitrogens with zero attached hydrogens (tertiary/aromatic N) is 2. The van der Waals surface area contributed by atoms with Gasteiger partial charge in [-0.05, 0) is 25.5 Å². The number of nitrogens with one attached hydrogen (secondary N) is 1. The quantitative estimate of drug-likeness (QED) is 0.866. The Bertz CT molecular complexity index is 835. The summed E-state index contributed by atoms with van der Waals surface area (Å²) in [6.07, 6.45) is 0. The topological polar surface area (TPSA) is 61.9 Å². The first-order chi connectivity index (χ1) is 13.5. The van der Waals surface area contributed by atoms with Crippen LogP contribution in [0, 0.1) is 6.92 Å². The van der Waals surface area contributed by atoms with E-state index >= 15 is 0 Å². The molecule has 28 heavy (non-hydrogen) atoms. The van der Waals surface area contributed by atoms with E-state index < -0.39 is 6.04 Å². The van der Waals surface area contributed by atoms with Crippen molar-refractivity contribution in [3.05, 3.63) is 65.2 Å². The summed E-state index contributed by atoms with van der Waals surface area (Å²) in [5.74, 6) is 0.703. The molecule has 1 saturated heterocycles. The van der Waals surface area contributed by atoms with Crippen LogP contribution in [-0.2, 0) is 17.9 Å². The number of para-hydroxylation sites is 1. The number of methoxy groups -OCH3 is 1. The smallest absolute Gasteiger partial charge is 0.318 e. The first kappa shape index (κ1) is 19.7. The van der Waals surface area contributed by atoms with Crippen LogP contribution in [0.25, 0.3) is 0 Å². The molecule has 2 aromatic rings. The Labute approximate surface area is 166 Å². The van der Waals surface area contributed by atoms with E-state index in [4.69, 9.17) is 4.74 Å². The molecular weight excluding hydrogens is 354 g/mol. The minimum atomic E-state index is -0.489. The van der Waals surface area contributed by atoms with Crippen LogP contribution in [0.3, 0.4) is 0 Å². The summed E-state index contributed by atoms with van der Waals surface area (Å²) in [6, 6.07) is 15.0. The second kappa shape index (κ2) is 8.78. The van der Waals surface area contributed by atoms with Crippen LogP contribution in [0.4, 0.5) is 4.79 Å². The van der Waals surface area contributed by atoms with E-state index in [9.17, 15) is 9.59 Å². The standard InChI is InChI=1S/C22H27N3O3/c1-16-8-10-18(11-9-16)15-24-12-13-25(17(2)21(24)26)22(27)23-14-19-6-4-5-7-20(19)28-3/h4-11,17H,12-15H2,1-3H3,(H,23,27)/t17-/m1/s1. The van der Waals surface area contributed by atoms with Crippen LogP contribution < -0.4 is 10.1 Å². The molecule has 1 atom stereocenters. The summed E-state index contributed by atoms with van der Waals surface area (Å²) in [7, 11) is 1.61. The highest BCUT2D eigenvalue weighted by Crippen LogP contribution is 2.18. The molecule has 0 bridgehead atoms. The highest BCUT2D eigenvalue weighted by Gasteiger charge is 2.34. The van der Waals surface area contributed by atoms with E-state index in [-0.39, 0.29) is 11.9 Å². The van der Waals surface area contributed by atoms with Crippen LogP contribution in [0.1, 0.15) is 23.6 Å². The molecule has 1 heterocycles. The van der Waals surface area contributed by atoms with Crippen LogP contribution in [-0.4, -0.2) is 48.0 Å². The van der Waals surface area contributed by atoms with Crippen LogP contribution in [0.5, 0.6) is 5.75 Å². The molecule has 2 aromatic carbocycles. The number of rotatable bonds is 5. The molecule has 6 heteroatoms. The molecule has 1 N–H and O–H groups in total. The van der Waals surface area contributed by atoms with E-state index in [0.29, 0.717) is 26.2 Å². The predicted octanol–water partition coefficient (Wildman–Crippen LogP) is 2.95. The maximum atomic E-state index is 12.8. The molecule has 3 amide bonds. The number of amides is 3. The molecule has 0 unspecified atom stereocenters. The van der Waals surface area contributed by atoms with Gasteiger partial charge in [-0.15, -0.1) is 0 Å². The summed E-state index contributed by atoms with van der Waals surface area (Å²) in [5, 5.41) is 2.90. The fourth-order valence-electron chi connectivity index (χ4n) is 3.40. The number of aryl methyl sites for hydroxylation is 1. The van der Waals surface area contributed by atoms with Crippen molar-refractivity contribution in [1.82, 2.24) is 15.1 Å². The van der Waals surface area contributed by atoms with Gasteiger partial charge in [-0.2, -0.15) is 0 Å². The van der Waals surface area contributed by atoms with Gasteiger partial charge in [-0.25, -0.2) is 4.79 Å². The molecule has 0 aliphatic carbocycles. The number of hydrogen-bond donors (Lipinski definition) is 1. The lowest BCUT2D eigenvalue weighted by molar-refractivity contribution is -0.139. The molecule has 1 aliphatic rings. The number of benzene rings is 2. The van der Waals surface area contributed by atoms with E-state index in [1.807, 2.05) is 60.4 Å². The Balaban J connectivity index is 1.58. The normalized spacial score (nSPS) is 16.8. The predicted molar refractivity (Wildman–Crippen MR) is 108 cm³/mol. The molecule has 1 aliphatic heterocycles. The first-order valence-corrected chi connectivity index (χ1v) is 9.50. The second-order valence-corrected chi connectivity index (χ2v) is 7.09. The molecule has 0 radical (unpaired) electrons. The third-order valence-electron chi connectivity index (χ3n) is 5.12. The lowest BCUT2D eigenvalue weighted by Crippen LogP contribution is -2.59. The molecule has 1 fully saturated rings. The summed E-state index contributed by atoms with van der Waals surface area (Å²) < 4.78 is 5.31. The van der Waals surface area contributed by atoms with Crippen molar-refractivity contribution in [2.24, 2.45) is 0 Å². The average Bonchev–Trinajstić information content (AvgIpc) is 2.71. The van der Waals surface area contributed by atoms with E-state index in [1.54, 1.807) is 18.9 Å². The monoisotopic (exact) mass is 381 g/mol. The highest BCUT2D eigenvalue weighted by molar-refractivity contribution is 5.88. The largest absolute Gasteiger partial charge is 0.496 e. The van der Waals surface area contributed by atoms with Gasteiger partial charge in [-0.1, -0.05) is 48.0 Å². The van der Waals surface area contributed by atoms with Gasteiger partial charge >= 0.3 is 6.03 Å². The minimum absolute atomic E-state index is 0.0285. The molecule has 0 spiro atoms. The second-order valence-electron chi connectivity index (χ2n) is 7.09. The van der Waals surface area contributed by atoms with E-state index in [0.717, 1.165) is 16.9 Å². The molecule has 0 saturated carbocycles. The minimum Gasteiger partial charge on any atom is -0.496 e.